The fourth-order valence-corrected chi connectivity index (χ4v) is 3.53. The average Bonchev–Trinajstić information content (AvgIpc) is 3.07. The zero-order chi connectivity index (χ0) is 19.0. The molecule has 4 aromatic rings. The predicted molar refractivity (Wildman–Crippen MR) is 114 cm³/mol. The highest BCUT2D eigenvalue weighted by Crippen LogP contribution is 2.27. The van der Waals surface area contributed by atoms with Crippen LogP contribution < -0.4 is 5.32 Å². The lowest BCUT2D eigenvalue weighted by molar-refractivity contribution is 0.102. The summed E-state index contributed by atoms with van der Waals surface area (Å²) >= 11 is 5.51. The molecule has 0 unspecified atom stereocenters. The SMILES string of the molecule is O=C(Nc1ccc2oc(-c3ccc(F)cc3)nc2c1)c1cc(Br)ccc1I. The second-order valence-electron chi connectivity index (χ2n) is 5.79. The molecular formula is C20H11BrFIN2O2. The van der Waals surface area contributed by atoms with Gasteiger partial charge in [0.05, 0.1) is 5.56 Å². The molecule has 0 saturated heterocycles. The maximum atomic E-state index is 13.1. The zero-order valence-electron chi connectivity index (χ0n) is 13.7. The first-order chi connectivity index (χ1) is 13.0. The third-order valence-electron chi connectivity index (χ3n) is 3.91. The smallest absolute Gasteiger partial charge is 0.256 e. The minimum Gasteiger partial charge on any atom is -0.436 e. The number of hydrogen-bond acceptors (Lipinski definition) is 3. The van der Waals surface area contributed by atoms with Gasteiger partial charge in [-0.1, -0.05) is 15.9 Å². The van der Waals surface area contributed by atoms with E-state index in [0.29, 0.717) is 33.8 Å². The molecule has 1 amide bonds. The van der Waals surface area contributed by atoms with Gasteiger partial charge >= 0.3 is 0 Å². The second kappa shape index (κ2) is 7.40. The number of carbonyl (C=O) groups is 1. The Morgan fingerprint density at radius 3 is 2.63 bits per heavy atom. The van der Waals surface area contributed by atoms with Gasteiger partial charge < -0.3 is 9.73 Å². The van der Waals surface area contributed by atoms with E-state index in [1.165, 1.54) is 12.1 Å². The summed E-state index contributed by atoms with van der Waals surface area (Å²) in [7, 11) is 0. The molecule has 4 nitrogen and oxygen atoms in total. The summed E-state index contributed by atoms with van der Waals surface area (Å²) in [6.07, 6.45) is 0. The first-order valence-corrected chi connectivity index (χ1v) is 9.80. The van der Waals surface area contributed by atoms with Gasteiger partial charge in [0.2, 0.25) is 5.89 Å². The summed E-state index contributed by atoms with van der Waals surface area (Å²) in [5.74, 6) is -0.126. The number of rotatable bonds is 3. The van der Waals surface area contributed by atoms with Gasteiger partial charge in [-0.05, 0) is 83.3 Å². The van der Waals surface area contributed by atoms with E-state index < -0.39 is 0 Å². The predicted octanol–water partition coefficient (Wildman–Crippen LogP) is 6.25. The summed E-state index contributed by atoms with van der Waals surface area (Å²) in [6.45, 7) is 0. The number of hydrogen-bond donors (Lipinski definition) is 1. The van der Waals surface area contributed by atoms with Crippen molar-refractivity contribution in [2.45, 2.75) is 0 Å². The Morgan fingerprint density at radius 1 is 1.07 bits per heavy atom. The Morgan fingerprint density at radius 2 is 1.85 bits per heavy atom. The minimum absolute atomic E-state index is 0.206. The fourth-order valence-electron chi connectivity index (χ4n) is 2.59. The molecule has 134 valence electrons. The van der Waals surface area contributed by atoms with Gasteiger partial charge in [-0.3, -0.25) is 4.79 Å². The molecular weight excluding hydrogens is 526 g/mol. The third kappa shape index (κ3) is 3.89. The van der Waals surface area contributed by atoms with Crippen LogP contribution in [0.5, 0.6) is 0 Å². The van der Waals surface area contributed by atoms with Crippen molar-refractivity contribution in [3.8, 4) is 11.5 Å². The number of amides is 1. The molecule has 1 N–H and O–H groups in total. The van der Waals surface area contributed by atoms with Crippen molar-refractivity contribution in [2.75, 3.05) is 5.32 Å². The number of fused-ring (bicyclic) bond motifs is 1. The molecule has 0 spiro atoms. The Balaban J connectivity index is 1.62. The molecule has 0 fully saturated rings. The molecule has 0 bridgehead atoms. The first kappa shape index (κ1) is 18.1. The number of carbonyl (C=O) groups excluding carboxylic acids is 1. The minimum atomic E-state index is -0.318. The van der Waals surface area contributed by atoms with E-state index in [-0.39, 0.29) is 11.7 Å². The number of aromatic nitrogens is 1. The van der Waals surface area contributed by atoms with Gasteiger partial charge in [-0.25, -0.2) is 9.37 Å². The van der Waals surface area contributed by atoms with Gasteiger partial charge in [0, 0.05) is 19.3 Å². The van der Waals surface area contributed by atoms with Crippen molar-refractivity contribution in [1.82, 2.24) is 4.98 Å². The maximum absolute atomic E-state index is 13.1. The molecule has 0 radical (unpaired) electrons. The molecule has 27 heavy (non-hydrogen) atoms. The highest BCUT2D eigenvalue weighted by Gasteiger charge is 2.13. The number of nitrogens with zero attached hydrogens (tertiary/aromatic N) is 1. The van der Waals surface area contributed by atoms with Crippen LogP contribution in [0.15, 0.2) is 69.6 Å². The summed E-state index contributed by atoms with van der Waals surface area (Å²) in [5, 5.41) is 2.88. The number of halogens is 3. The number of nitrogens with one attached hydrogen (secondary N) is 1. The van der Waals surface area contributed by atoms with Gasteiger partial charge in [0.15, 0.2) is 5.58 Å². The van der Waals surface area contributed by atoms with Crippen LogP contribution in [0, 0.1) is 9.39 Å². The lowest BCUT2D eigenvalue weighted by Gasteiger charge is -2.07. The molecule has 0 aliphatic heterocycles. The summed E-state index contributed by atoms with van der Waals surface area (Å²) in [6, 6.07) is 16.7. The molecule has 4 rings (SSSR count). The van der Waals surface area contributed by atoms with Gasteiger partial charge in [-0.15, -0.1) is 0 Å². The fraction of sp³-hybridized carbons (Fsp3) is 0. The van der Waals surface area contributed by atoms with Crippen molar-refractivity contribution >= 4 is 61.2 Å². The maximum Gasteiger partial charge on any atom is 0.256 e. The van der Waals surface area contributed by atoms with Gasteiger partial charge in [-0.2, -0.15) is 0 Å². The van der Waals surface area contributed by atoms with Crippen LogP contribution in [0.2, 0.25) is 0 Å². The standard InChI is InChI=1S/C20H11BrFIN2O2/c21-12-3-7-16(23)15(9-12)19(26)24-14-6-8-18-17(10-14)25-20(27-18)11-1-4-13(22)5-2-11/h1-10H,(H,24,26). The van der Waals surface area contributed by atoms with E-state index in [0.717, 1.165) is 8.04 Å². The Hall–Kier alpha value is -2.26. The quantitative estimate of drug-likeness (QED) is 0.315. The summed E-state index contributed by atoms with van der Waals surface area (Å²) in [4.78, 5) is 17.0. The highest BCUT2D eigenvalue weighted by atomic mass is 127. The van der Waals surface area contributed by atoms with Crippen LogP contribution in [0.25, 0.3) is 22.6 Å². The molecule has 7 heteroatoms. The Labute approximate surface area is 176 Å². The van der Waals surface area contributed by atoms with Crippen LogP contribution in [0.3, 0.4) is 0 Å². The molecule has 0 saturated carbocycles. The van der Waals surface area contributed by atoms with Crippen molar-refractivity contribution in [3.05, 3.63) is 80.1 Å². The molecule has 0 aliphatic carbocycles. The van der Waals surface area contributed by atoms with E-state index in [2.05, 4.69) is 48.8 Å². The van der Waals surface area contributed by atoms with E-state index >= 15 is 0 Å². The van der Waals surface area contributed by atoms with E-state index in [1.807, 2.05) is 12.1 Å². The van der Waals surface area contributed by atoms with Gasteiger partial charge in [0.1, 0.15) is 11.3 Å². The zero-order valence-corrected chi connectivity index (χ0v) is 17.4. The van der Waals surface area contributed by atoms with E-state index in [9.17, 15) is 9.18 Å². The Bertz CT molecular complexity index is 1160. The number of anilines is 1. The topological polar surface area (TPSA) is 55.1 Å². The van der Waals surface area contributed by atoms with Crippen LogP contribution in [-0.4, -0.2) is 10.9 Å². The van der Waals surface area contributed by atoms with Crippen molar-refractivity contribution in [2.24, 2.45) is 0 Å². The lowest BCUT2D eigenvalue weighted by atomic mass is 10.2. The van der Waals surface area contributed by atoms with Crippen LogP contribution in [-0.2, 0) is 0 Å². The molecule has 1 aromatic heterocycles. The van der Waals surface area contributed by atoms with Crippen LogP contribution in [0.4, 0.5) is 10.1 Å². The normalized spacial score (nSPS) is 10.9. The second-order valence-corrected chi connectivity index (χ2v) is 7.86. The largest absolute Gasteiger partial charge is 0.436 e. The third-order valence-corrected chi connectivity index (χ3v) is 5.34. The van der Waals surface area contributed by atoms with Crippen LogP contribution >= 0.6 is 38.5 Å². The number of benzene rings is 3. The molecule has 0 atom stereocenters. The average molecular weight is 537 g/mol. The summed E-state index contributed by atoms with van der Waals surface area (Å²) in [5.41, 5.74) is 3.07. The van der Waals surface area contributed by atoms with Crippen molar-refractivity contribution in [1.29, 1.82) is 0 Å². The molecule has 0 aliphatic rings. The molecule has 3 aromatic carbocycles. The van der Waals surface area contributed by atoms with Gasteiger partial charge in [0.25, 0.3) is 5.91 Å². The van der Waals surface area contributed by atoms with Crippen molar-refractivity contribution < 1.29 is 13.6 Å². The lowest BCUT2D eigenvalue weighted by Crippen LogP contribution is -2.13. The van der Waals surface area contributed by atoms with E-state index in [1.54, 1.807) is 36.4 Å². The van der Waals surface area contributed by atoms with Crippen molar-refractivity contribution in [3.63, 3.8) is 0 Å². The molecule has 1 heterocycles. The summed E-state index contributed by atoms with van der Waals surface area (Å²) < 4.78 is 20.5. The monoisotopic (exact) mass is 536 g/mol. The highest BCUT2D eigenvalue weighted by molar-refractivity contribution is 14.1. The van der Waals surface area contributed by atoms with E-state index in [4.69, 9.17) is 4.42 Å². The first-order valence-electron chi connectivity index (χ1n) is 7.92. The van der Waals surface area contributed by atoms with Crippen LogP contribution in [0.1, 0.15) is 10.4 Å². The Kier molecular flexibility index (Phi) is 4.96. The number of oxazole rings is 1.